The van der Waals surface area contributed by atoms with Gasteiger partial charge in [0.15, 0.2) is 0 Å². The van der Waals surface area contributed by atoms with Gasteiger partial charge < -0.3 is 4.90 Å². The third-order valence-corrected chi connectivity index (χ3v) is 15.1. The Bertz CT molecular complexity index is 3000. The van der Waals surface area contributed by atoms with Gasteiger partial charge in [0.2, 0.25) is 0 Å². The normalized spacial score (nSPS) is 21.2. The number of hydrogen-bond donors (Lipinski definition) is 0. The van der Waals surface area contributed by atoms with Gasteiger partial charge in [-0.3, -0.25) is 0 Å². The number of benzene rings is 6. The SMILES string of the molecule is Cc1ccc2c(c1)C1(C3=C(CCC=C3)C3=C1C(C)C3(C)C)c1cc(C)cc(-c3ccc(N4c5ccc(C6=CCCC=C6)cc5Cc5cc(-c6ccccc6)ccc54)cc3)c1-2. The fourth-order valence-electron chi connectivity index (χ4n) is 12.2. The van der Waals surface area contributed by atoms with Gasteiger partial charge in [0, 0.05) is 23.5 Å². The molecule has 1 nitrogen and oxygen atoms in total. The lowest BCUT2D eigenvalue weighted by atomic mass is 9.52. The Morgan fingerprint density at radius 3 is 2.08 bits per heavy atom. The Hall–Kier alpha value is -6.18. The van der Waals surface area contributed by atoms with E-state index >= 15 is 0 Å². The van der Waals surface area contributed by atoms with Crippen molar-refractivity contribution in [3.8, 4) is 33.4 Å². The topological polar surface area (TPSA) is 3.24 Å². The molecule has 6 aromatic rings. The molecule has 0 bridgehead atoms. The van der Waals surface area contributed by atoms with Crippen molar-refractivity contribution in [1.82, 2.24) is 0 Å². The van der Waals surface area contributed by atoms with Crippen molar-refractivity contribution >= 4 is 22.6 Å². The van der Waals surface area contributed by atoms with E-state index in [-0.39, 0.29) is 10.8 Å². The molecule has 6 aromatic carbocycles. The highest BCUT2D eigenvalue weighted by atomic mass is 15.2. The molecule has 60 heavy (non-hydrogen) atoms. The van der Waals surface area contributed by atoms with Crippen LogP contribution in [0.4, 0.5) is 17.1 Å². The van der Waals surface area contributed by atoms with Crippen LogP contribution in [0, 0.1) is 25.2 Å². The summed E-state index contributed by atoms with van der Waals surface area (Å²) in [7, 11) is 0. The van der Waals surface area contributed by atoms with E-state index in [1.165, 1.54) is 95.0 Å². The number of rotatable bonds is 4. The van der Waals surface area contributed by atoms with Gasteiger partial charge in [0.05, 0.1) is 5.41 Å². The van der Waals surface area contributed by atoms with E-state index < -0.39 is 0 Å². The molecule has 6 aliphatic rings. The van der Waals surface area contributed by atoms with Crippen molar-refractivity contribution in [2.24, 2.45) is 11.3 Å². The second-order valence-electron chi connectivity index (χ2n) is 18.9. The number of hydrogen-bond acceptors (Lipinski definition) is 1. The highest BCUT2D eigenvalue weighted by molar-refractivity contribution is 5.99. The summed E-state index contributed by atoms with van der Waals surface area (Å²) < 4.78 is 0. The van der Waals surface area contributed by atoms with Gasteiger partial charge in [-0.2, -0.15) is 0 Å². The van der Waals surface area contributed by atoms with Crippen molar-refractivity contribution in [3.63, 3.8) is 0 Å². The van der Waals surface area contributed by atoms with Crippen molar-refractivity contribution < 1.29 is 0 Å². The zero-order chi connectivity index (χ0) is 40.5. The number of nitrogens with zero attached hydrogens (tertiary/aromatic N) is 1. The zero-order valence-corrected chi connectivity index (χ0v) is 35.5. The van der Waals surface area contributed by atoms with Gasteiger partial charge in [-0.1, -0.05) is 147 Å². The molecule has 292 valence electrons. The van der Waals surface area contributed by atoms with Crippen molar-refractivity contribution in [3.05, 3.63) is 213 Å². The summed E-state index contributed by atoms with van der Waals surface area (Å²) in [5, 5.41) is 0. The number of allylic oxidation sites excluding steroid dienone is 10. The molecule has 12 rings (SSSR count). The minimum Gasteiger partial charge on any atom is -0.310 e. The lowest BCUT2D eigenvalue weighted by Gasteiger charge is -2.51. The van der Waals surface area contributed by atoms with Crippen molar-refractivity contribution in [2.75, 3.05) is 4.90 Å². The maximum atomic E-state index is 2.54. The van der Waals surface area contributed by atoms with E-state index in [9.17, 15) is 0 Å². The summed E-state index contributed by atoms with van der Waals surface area (Å²) in [6.07, 6.45) is 17.4. The van der Waals surface area contributed by atoms with Gasteiger partial charge in [-0.05, 0) is 176 Å². The van der Waals surface area contributed by atoms with Gasteiger partial charge in [0.25, 0.3) is 0 Å². The first-order chi connectivity index (χ1) is 29.2. The summed E-state index contributed by atoms with van der Waals surface area (Å²) in [5.41, 5.74) is 29.1. The largest absolute Gasteiger partial charge is 0.310 e. The molecule has 0 fully saturated rings. The summed E-state index contributed by atoms with van der Waals surface area (Å²) in [4.78, 5) is 2.50. The Kier molecular flexibility index (Phi) is 7.69. The average Bonchev–Trinajstić information content (AvgIpc) is 3.74. The maximum Gasteiger partial charge on any atom is 0.0685 e. The molecule has 2 atom stereocenters. The van der Waals surface area contributed by atoms with E-state index in [1.807, 2.05) is 0 Å². The van der Waals surface area contributed by atoms with Crippen LogP contribution in [-0.2, 0) is 11.8 Å². The average molecular weight is 774 g/mol. The second kappa shape index (κ2) is 12.9. The Labute approximate surface area is 355 Å². The van der Waals surface area contributed by atoms with Crippen LogP contribution in [0.3, 0.4) is 0 Å². The number of fused-ring (bicyclic) bond motifs is 10. The van der Waals surface area contributed by atoms with E-state index in [0.717, 1.165) is 32.1 Å². The third-order valence-electron chi connectivity index (χ3n) is 15.1. The fraction of sp³-hybridized carbons (Fsp3) is 0.220. The van der Waals surface area contributed by atoms with Crippen LogP contribution in [0.25, 0.3) is 39.0 Å². The molecule has 0 saturated carbocycles. The first kappa shape index (κ1) is 35.7. The monoisotopic (exact) mass is 773 g/mol. The highest BCUT2D eigenvalue weighted by Gasteiger charge is 2.63. The molecule has 1 heterocycles. The van der Waals surface area contributed by atoms with E-state index in [4.69, 9.17) is 0 Å². The van der Waals surface area contributed by atoms with Crippen molar-refractivity contribution in [1.29, 1.82) is 0 Å². The maximum absolute atomic E-state index is 2.54. The van der Waals surface area contributed by atoms with Gasteiger partial charge in [-0.15, -0.1) is 0 Å². The Morgan fingerprint density at radius 2 is 1.32 bits per heavy atom. The lowest BCUT2D eigenvalue weighted by molar-refractivity contribution is 0.255. The van der Waals surface area contributed by atoms with E-state index in [2.05, 4.69) is 191 Å². The standard InChI is InChI=1S/C59H51N/c1-36-20-27-47-51(31-36)59(50-19-13-12-18-48(50)57-56(59)38(3)58(57,4)5)52-32-37(2)30-49(55(47)52)41-21-25-46(26-22-41)60-53-28-23-42(39-14-8-6-9-15-39)33-44(53)35-45-34-43(24-29-54(45)60)40-16-10-7-11-17-40/h6,8-10,13-17,19-34,38H,7,11-12,18,35H2,1-5H3. The Morgan fingerprint density at radius 1 is 0.600 bits per heavy atom. The molecular formula is C59H51N. The van der Waals surface area contributed by atoms with Crippen LogP contribution in [0.5, 0.6) is 0 Å². The van der Waals surface area contributed by atoms with Crippen LogP contribution in [0.1, 0.15) is 85.4 Å². The molecule has 1 heteroatoms. The zero-order valence-electron chi connectivity index (χ0n) is 35.5. The molecular weight excluding hydrogens is 723 g/mol. The van der Waals surface area contributed by atoms with Crippen LogP contribution in [0.2, 0.25) is 0 Å². The van der Waals surface area contributed by atoms with Gasteiger partial charge >= 0.3 is 0 Å². The van der Waals surface area contributed by atoms with Gasteiger partial charge in [0.1, 0.15) is 0 Å². The van der Waals surface area contributed by atoms with Crippen molar-refractivity contribution in [2.45, 2.75) is 72.1 Å². The molecule has 0 radical (unpaired) electrons. The van der Waals surface area contributed by atoms with E-state index in [1.54, 1.807) is 22.3 Å². The molecule has 1 spiro atoms. The molecule has 0 amide bonds. The molecule has 1 aliphatic heterocycles. The minimum atomic E-state index is -0.226. The van der Waals surface area contributed by atoms with Crippen LogP contribution in [-0.4, -0.2) is 0 Å². The van der Waals surface area contributed by atoms with Crippen LogP contribution < -0.4 is 4.90 Å². The summed E-state index contributed by atoms with van der Waals surface area (Å²) in [6.45, 7) is 12.1. The second-order valence-corrected chi connectivity index (χ2v) is 18.9. The molecule has 5 aliphatic carbocycles. The van der Waals surface area contributed by atoms with Gasteiger partial charge in [-0.25, -0.2) is 0 Å². The predicted octanol–water partition coefficient (Wildman–Crippen LogP) is 15.6. The smallest absolute Gasteiger partial charge is 0.0685 e. The van der Waals surface area contributed by atoms with Crippen LogP contribution >= 0.6 is 0 Å². The molecule has 0 N–H and O–H groups in total. The predicted molar refractivity (Wildman–Crippen MR) is 252 cm³/mol. The number of anilines is 3. The lowest BCUT2D eigenvalue weighted by Crippen LogP contribution is -2.43. The summed E-state index contributed by atoms with van der Waals surface area (Å²) in [5.74, 6) is 0.500. The minimum absolute atomic E-state index is 0.181. The first-order valence-electron chi connectivity index (χ1n) is 22.2. The third kappa shape index (κ3) is 4.87. The first-order valence-corrected chi connectivity index (χ1v) is 22.2. The summed E-state index contributed by atoms with van der Waals surface area (Å²) >= 11 is 0. The Balaban J connectivity index is 1.01. The highest BCUT2D eigenvalue weighted by Crippen LogP contribution is 2.73. The van der Waals surface area contributed by atoms with E-state index in [0.29, 0.717) is 5.92 Å². The fourth-order valence-corrected chi connectivity index (χ4v) is 12.2. The molecule has 0 aromatic heterocycles. The quantitative estimate of drug-likeness (QED) is 0.172. The number of aryl methyl sites for hydroxylation is 2. The summed E-state index contributed by atoms with van der Waals surface area (Å²) in [6, 6.07) is 46.8. The van der Waals surface area contributed by atoms with Crippen LogP contribution in [0.15, 0.2) is 174 Å². The molecule has 2 unspecified atom stereocenters. The molecule has 0 saturated heterocycles.